The first-order chi connectivity index (χ1) is 20.7. The molecule has 1 aliphatic rings. The SMILES string of the molecule is COC(=O)CCNc1ccccc1CNC(=O)[C@@H]1Cc2ccccc2N1S(=O)(=O)c1ccc(-c2ccc(F)cc2Cl)cc1. The molecule has 11 heteroatoms. The lowest BCUT2D eigenvalue weighted by Crippen LogP contribution is -2.47. The number of hydrogen-bond acceptors (Lipinski definition) is 6. The van der Waals surface area contributed by atoms with Gasteiger partial charge in [0.05, 0.1) is 29.1 Å². The number of para-hydroxylation sites is 2. The monoisotopic (exact) mass is 621 g/mol. The molecule has 1 heterocycles. The topological polar surface area (TPSA) is 105 Å². The summed E-state index contributed by atoms with van der Waals surface area (Å²) in [7, 11) is -2.82. The molecule has 4 aromatic rings. The fraction of sp³-hybridized carbons (Fsp3) is 0.188. The van der Waals surface area contributed by atoms with Gasteiger partial charge < -0.3 is 15.4 Å². The lowest BCUT2D eigenvalue weighted by Gasteiger charge is -2.26. The number of halogens is 2. The molecule has 5 rings (SSSR count). The normalized spacial score (nSPS) is 14.2. The van der Waals surface area contributed by atoms with Gasteiger partial charge in [0.1, 0.15) is 11.9 Å². The number of ether oxygens (including phenoxy) is 1. The molecule has 0 bridgehead atoms. The highest BCUT2D eigenvalue weighted by Crippen LogP contribution is 2.38. The molecule has 0 fully saturated rings. The summed E-state index contributed by atoms with van der Waals surface area (Å²) in [6.07, 6.45) is 0.395. The highest BCUT2D eigenvalue weighted by Gasteiger charge is 2.42. The van der Waals surface area contributed by atoms with Gasteiger partial charge in [0.2, 0.25) is 5.91 Å². The van der Waals surface area contributed by atoms with Gasteiger partial charge in [0.25, 0.3) is 10.0 Å². The summed E-state index contributed by atoms with van der Waals surface area (Å²) in [5.74, 6) is -1.25. The number of benzene rings is 4. The number of carbonyl (C=O) groups is 2. The summed E-state index contributed by atoms with van der Waals surface area (Å²) >= 11 is 6.20. The van der Waals surface area contributed by atoms with Crippen LogP contribution < -0.4 is 14.9 Å². The second-order valence-corrected chi connectivity index (χ2v) is 12.1. The number of nitrogens with zero attached hydrogens (tertiary/aromatic N) is 1. The van der Waals surface area contributed by atoms with Crippen molar-refractivity contribution in [2.75, 3.05) is 23.3 Å². The van der Waals surface area contributed by atoms with Crippen molar-refractivity contribution >= 4 is 44.9 Å². The molecule has 0 spiro atoms. The Bertz CT molecular complexity index is 1770. The van der Waals surface area contributed by atoms with Crippen molar-refractivity contribution in [2.24, 2.45) is 0 Å². The van der Waals surface area contributed by atoms with Gasteiger partial charge in [0.15, 0.2) is 0 Å². The molecule has 222 valence electrons. The van der Waals surface area contributed by atoms with E-state index in [-0.39, 0.29) is 35.3 Å². The van der Waals surface area contributed by atoms with Crippen molar-refractivity contribution in [2.45, 2.75) is 30.3 Å². The van der Waals surface area contributed by atoms with Crippen LogP contribution in [0.4, 0.5) is 15.8 Å². The third kappa shape index (κ3) is 6.50. The number of methoxy groups -OCH3 is 1. The van der Waals surface area contributed by atoms with Crippen molar-refractivity contribution in [3.05, 3.63) is 113 Å². The number of amides is 1. The van der Waals surface area contributed by atoms with Gasteiger partial charge in [0, 0.05) is 30.8 Å². The van der Waals surface area contributed by atoms with Crippen LogP contribution in [0.3, 0.4) is 0 Å². The number of hydrogen-bond donors (Lipinski definition) is 2. The van der Waals surface area contributed by atoms with Crippen LogP contribution in [-0.2, 0) is 37.3 Å². The highest BCUT2D eigenvalue weighted by molar-refractivity contribution is 7.93. The molecule has 1 amide bonds. The predicted molar refractivity (Wildman–Crippen MR) is 164 cm³/mol. The standard InChI is InChI=1S/C32H29ClFN3O5S/c1-42-31(38)16-17-35-28-8-4-2-7-23(28)20-36-32(39)30-18-22-6-3-5-9-29(22)37(30)43(40,41)25-13-10-21(11-14-25)26-15-12-24(34)19-27(26)33/h2-15,19,30,35H,16-18,20H2,1H3,(H,36,39)/t30-/m0/s1. The van der Waals surface area contributed by atoms with E-state index in [0.29, 0.717) is 23.4 Å². The maximum absolute atomic E-state index is 14.0. The van der Waals surface area contributed by atoms with Crippen molar-refractivity contribution in [1.82, 2.24) is 5.32 Å². The molecular formula is C32H29ClFN3O5S. The van der Waals surface area contributed by atoms with E-state index in [0.717, 1.165) is 16.8 Å². The Morgan fingerprint density at radius 1 is 1.00 bits per heavy atom. The summed E-state index contributed by atoms with van der Waals surface area (Å²) < 4.78 is 47.4. The van der Waals surface area contributed by atoms with Crippen LogP contribution in [0.25, 0.3) is 11.1 Å². The maximum Gasteiger partial charge on any atom is 0.307 e. The zero-order valence-electron chi connectivity index (χ0n) is 23.2. The Morgan fingerprint density at radius 3 is 2.47 bits per heavy atom. The lowest BCUT2D eigenvalue weighted by molar-refractivity contribution is -0.140. The van der Waals surface area contributed by atoms with Crippen LogP contribution in [0, 0.1) is 5.82 Å². The van der Waals surface area contributed by atoms with E-state index in [2.05, 4.69) is 15.4 Å². The van der Waals surface area contributed by atoms with Crippen LogP contribution >= 0.6 is 11.6 Å². The Kier molecular flexibility index (Phi) is 8.98. The molecule has 1 aliphatic heterocycles. The fourth-order valence-corrected chi connectivity index (χ4v) is 6.97. The van der Waals surface area contributed by atoms with E-state index in [1.165, 1.54) is 41.7 Å². The van der Waals surface area contributed by atoms with Crippen molar-refractivity contribution in [3.8, 4) is 11.1 Å². The average molecular weight is 622 g/mol. The number of anilines is 2. The molecule has 1 atom stereocenters. The molecule has 4 aromatic carbocycles. The van der Waals surface area contributed by atoms with E-state index in [9.17, 15) is 22.4 Å². The summed E-state index contributed by atoms with van der Waals surface area (Å²) in [4.78, 5) is 25.1. The average Bonchev–Trinajstić information content (AvgIpc) is 3.41. The molecule has 0 aromatic heterocycles. The third-order valence-electron chi connectivity index (χ3n) is 7.22. The number of rotatable bonds is 10. The van der Waals surface area contributed by atoms with E-state index in [4.69, 9.17) is 11.6 Å². The molecule has 0 aliphatic carbocycles. The van der Waals surface area contributed by atoms with Crippen molar-refractivity contribution in [3.63, 3.8) is 0 Å². The highest BCUT2D eigenvalue weighted by atomic mass is 35.5. The quantitative estimate of drug-likeness (QED) is 0.225. The first kappa shape index (κ1) is 30.1. The van der Waals surface area contributed by atoms with Gasteiger partial charge in [-0.3, -0.25) is 13.9 Å². The summed E-state index contributed by atoms with van der Waals surface area (Å²) in [6.45, 7) is 0.502. The van der Waals surface area contributed by atoms with Gasteiger partial charge in [-0.15, -0.1) is 0 Å². The maximum atomic E-state index is 14.0. The van der Waals surface area contributed by atoms with E-state index < -0.39 is 27.8 Å². The molecule has 2 N–H and O–H groups in total. The summed E-state index contributed by atoms with van der Waals surface area (Å²) in [6, 6.07) is 23.5. The number of fused-ring (bicyclic) bond motifs is 1. The van der Waals surface area contributed by atoms with Gasteiger partial charge in [-0.05, 0) is 59.2 Å². The van der Waals surface area contributed by atoms with E-state index in [1.807, 2.05) is 30.3 Å². The third-order valence-corrected chi connectivity index (χ3v) is 9.37. The molecule has 0 saturated carbocycles. The van der Waals surface area contributed by atoms with Gasteiger partial charge in [-0.25, -0.2) is 12.8 Å². The van der Waals surface area contributed by atoms with Crippen molar-refractivity contribution in [1.29, 1.82) is 0 Å². The molecule has 0 radical (unpaired) electrons. The fourth-order valence-electron chi connectivity index (χ4n) is 5.05. The second-order valence-electron chi connectivity index (χ2n) is 9.93. The Labute approximate surface area is 254 Å². The zero-order chi connectivity index (χ0) is 30.6. The predicted octanol–water partition coefficient (Wildman–Crippen LogP) is 5.56. The molecule has 43 heavy (non-hydrogen) atoms. The summed E-state index contributed by atoms with van der Waals surface area (Å²) in [5.41, 5.74) is 3.90. The van der Waals surface area contributed by atoms with Crippen LogP contribution in [0.5, 0.6) is 0 Å². The molecule has 8 nitrogen and oxygen atoms in total. The first-order valence-electron chi connectivity index (χ1n) is 13.5. The van der Waals surface area contributed by atoms with E-state index in [1.54, 1.807) is 30.3 Å². The van der Waals surface area contributed by atoms with Crippen molar-refractivity contribution < 1.29 is 27.1 Å². The number of sulfonamides is 1. The number of nitrogens with one attached hydrogen (secondary N) is 2. The number of carbonyl (C=O) groups excluding carboxylic acids is 2. The Balaban J connectivity index is 1.37. The second kappa shape index (κ2) is 12.8. The minimum atomic E-state index is -4.15. The van der Waals surface area contributed by atoms with Crippen LogP contribution in [0.2, 0.25) is 5.02 Å². The Hall–Kier alpha value is -4.41. The largest absolute Gasteiger partial charge is 0.469 e. The van der Waals surface area contributed by atoms with Crippen LogP contribution in [-0.4, -0.2) is 40.0 Å². The Morgan fingerprint density at radius 2 is 1.72 bits per heavy atom. The number of esters is 1. The first-order valence-corrected chi connectivity index (χ1v) is 15.3. The molecule has 0 unspecified atom stereocenters. The minimum absolute atomic E-state index is 0.00383. The lowest BCUT2D eigenvalue weighted by atomic mass is 10.1. The summed E-state index contributed by atoms with van der Waals surface area (Å²) in [5, 5.41) is 6.29. The van der Waals surface area contributed by atoms with Crippen LogP contribution in [0.1, 0.15) is 17.5 Å². The van der Waals surface area contributed by atoms with Gasteiger partial charge in [-0.1, -0.05) is 60.1 Å². The zero-order valence-corrected chi connectivity index (χ0v) is 24.8. The minimum Gasteiger partial charge on any atom is -0.469 e. The smallest absolute Gasteiger partial charge is 0.307 e. The molecule has 0 saturated heterocycles. The van der Waals surface area contributed by atoms with Crippen LogP contribution in [0.15, 0.2) is 95.9 Å². The van der Waals surface area contributed by atoms with E-state index >= 15 is 0 Å². The van der Waals surface area contributed by atoms with Gasteiger partial charge in [-0.2, -0.15) is 0 Å². The van der Waals surface area contributed by atoms with Gasteiger partial charge >= 0.3 is 5.97 Å². The molecular weight excluding hydrogens is 593 g/mol.